The van der Waals surface area contributed by atoms with Crippen molar-refractivity contribution in [1.29, 1.82) is 0 Å². The van der Waals surface area contributed by atoms with Crippen molar-refractivity contribution in [1.82, 2.24) is 20.0 Å². The van der Waals surface area contributed by atoms with Crippen molar-refractivity contribution in [3.05, 3.63) is 38.6 Å². The van der Waals surface area contributed by atoms with Crippen molar-refractivity contribution in [3.8, 4) is 11.3 Å². The molecule has 0 radical (unpaired) electrons. The molecular weight excluding hydrogens is 375 g/mol. The predicted molar refractivity (Wildman–Crippen MR) is 92.3 cm³/mol. The Balaban J connectivity index is 1.53. The van der Waals surface area contributed by atoms with E-state index in [-0.39, 0.29) is 0 Å². The predicted octanol–water partition coefficient (Wildman–Crippen LogP) is 2.33. The first-order valence-electron chi connectivity index (χ1n) is 7.46. The number of hydrogen-bond acceptors (Lipinski definition) is 3. The minimum atomic E-state index is 1.02. The summed E-state index contributed by atoms with van der Waals surface area (Å²) in [5, 5.41) is 7.48. The van der Waals surface area contributed by atoms with Crippen molar-refractivity contribution in [2.45, 2.75) is 13.0 Å². The molecule has 4 rings (SSSR count). The van der Waals surface area contributed by atoms with Crippen LogP contribution >= 0.6 is 22.6 Å². The molecule has 2 aromatic rings. The van der Waals surface area contributed by atoms with Crippen LogP contribution in [0, 0.1) is 3.70 Å². The van der Waals surface area contributed by atoms with Gasteiger partial charge in [0.2, 0.25) is 0 Å². The number of H-pyrrole nitrogens is 1. The molecule has 1 aliphatic carbocycles. The van der Waals surface area contributed by atoms with Crippen molar-refractivity contribution in [3.63, 3.8) is 0 Å². The smallest absolute Gasteiger partial charge is 0.127 e. The van der Waals surface area contributed by atoms with E-state index in [4.69, 9.17) is 0 Å². The molecule has 1 fully saturated rings. The zero-order valence-electron chi connectivity index (χ0n) is 12.2. The first-order valence-corrected chi connectivity index (χ1v) is 8.54. The van der Waals surface area contributed by atoms with Crippen molar-refractivity contribution < 1.29 is 0 Å². The first kappa shape index (κ1) is 13.7. The molecule has 0 amide bonds. The molecule has 4 nitrogen and oxygen atoms in total. The lowest BCUT2D eigenvalue weighted by atomic mass is 10.0. The molecule has 0 spiro atoms. The van der Waals surface area contributed by atoms with Gasteiger partial charge in [0.15, 0.2) is 0 Å². The number of aromatic nitrogens is 2. The number of aromatic amines is 1. The van der Waals surface area contributed by atoms with Crippen LogP contribution in [0.15, 0.2) is 18.2 Å². The molecule has 1 N–H and O–H groups in total. The molecule has 1 aliphatic heterocycles. The molecule has 21 heavy (non-hydrogen) atoms. The third-order valence-electron chi connectivity index (χ3n) is 4.62. The van der Waals surface area contributed by atoms with Crippen LogP contribution in [0.3, 0.4) is 0 Å². The molecule has 0 bridgehead atoms. The molecule has 2 aliphatic rings. The van der Waals surface area contributed by atoms with E-state index < -0.39 is 0 Å². The van der Waals surface area contributed by atoms with Gasteiger partial charge in [-0.15, -0.1) is 0 Å². The van der Waals surface area contributed by atoms with Crippen LogP contribution in [0.1, 0.15) is 16.7 Å². The van der Waals surface area contributed by atoms with Crippen LogP contribution < -0.4 is 0 Å². The highest BCUT2D eigenvalue weighted by Crippen LogP contribution is 2.37. The molecule has 0 unspecified atom stereocenters. The van der Waals surface area contributed by atoms with E-state index in [9.17, 15) is 0 Å². The third kappa shape index (κ3) is 2.51. The molecule has 5 heteroatoms. The van der Waals surface area contributed by atoms with Gasteiger partial charge in [-0.1, -0.05) is 18.2 Å². The summed E-state index contributed by atoms with van der Waals surface area (Å²) in [4.78, 5) is 4.96. The number of nitrogens with zero attached hydrogens (tertiary/aromatic N) is 3. The zero-order valence-corrected chi connectivity index (χ0v) is 14.4. The van der Waals surface area contributed by atoms with Crippen molar-refractivity contribution in [2.24, 2.45) is 0 Å². The minimum Gasteiger partial charge on any atom is -0.304 e. The van der Waals surface area contributed by atoms with Crippen molar-refractivity contribution in [2.75, 3.05) is 33.2 Å². The summed E-state index contributed by atoms with van der Waals surface area (Å²) < 4.78 is 1.11. The largest absolute Gasteiger partial charge is 0.304 e. The summed E-state index contributed by atoms with van der Waals surface area (Å²) >= 11 is 2.32. The number of halogens is 1. The summed E-state index contributed by atoms with van der Waals surface area (Å²) in [6.45, 7) is 5.78. The van der Waals surface area contributed by atoms with E-state index >= 15 is 0 Å². The quantitative estimate of drug-likeness (QED) is 0.678. The van der Waals surface area contributed by atoms with Gasteiger partial charge in [0.1, 0.15) is 3.70 Å². The highest BCUT2D eigenvalue weighted by Gasteiger charge is 2.24. The van der Waals surface area contributed by atoms with Gasteiger partial charge in [0.25, 0.3) is 0 Å². The Labute approximate surface area is 138 Å². The van der Waals surface area contributed by atoms with Crippen molar-refractivity contribution >= 4 is 22.6 Å². The number of rotatable bonds is 2. The van der Waals surface area contributed by atoms with Crippen LogP contribution in [0.2, 0.25) is 0 Å². The second-order valence-electron chi connectivity index (χ2n) is 6.12. The Kier molecular flexibility index (Phi) is 3.51. The highest BCUT2D eigenvalue weighted by molar-refractivity contribution is 14.1. The normalized spacial score (nSPS) is 18.8. The molecule has 1 aromatic heterocycles. The summed E-state index contributed by atoms with van der Waals surface area (Å²) in [6, 6.07) is 6.93. The maximum absolute atomic E-state index is 4.31. The van der Waals surface area contributed by atoms with Gasteiger partial charge in [0, 0.05) is 50.3 Å². The average molecular weight is 394 g/mol. The molecule has 1 aromatic carbocycles. The fourth-order valence-electron chi connectivity index (χ4n) is 3.32. The Morgan fingerprint density at radius 1 is 1.24 bits per heavy atom. The van der Waals surface area contributed by atoms with Gasteiger partial charge in [-0.05, 0) is 40.8 Å². The molecule has 2 heterocycles. The second kappa shape index (κ2) is 5.37. The Bertz CT molecular complexity index is 671. The van der Waals surface area contributed by atoms with Gasteiger partial charge in [-0.3, -0.25) is 10.00 Å². The Hall–Kier alpha value is -0.920. The Morgan fingerprint density at radius 3 is 2.86 bits per heavy atom. The lowest BCUT2D eigenvalue weighted by Crippen LogP contribution is -2.43. The average Bonchev–Trinajstić information content (AvgIpc) is 3.01. The third-order valence-corrected chi connectivity index (χ3v) is 5.52. The first-order chi connectivity index (χ1) is 10.2. The minimum absolute atomic E-state index is 1.02. The van der Waals surface area contributed by atoms with Crippen LogP contribution in [-0.2, 0) is 13.0 Å². The fourth-order valence-corrected chi connectivity index (χ4v) is 3.90. The van der Waals surface area contributed by atoms with E-state index in [1.807, 2.05) is 0 Å². The molecule has 1 saturated heterocycles. The monoisotopic (exact) mass is 394 g/mol. The Morgan fingerprint density at radius 2 is 2.05 bits per heavy atom. The number of fused-ring (bicyclic) bond motifs is 3. The topological polar surface area (TPSA) is 35.2 Å². The van der Waals surface area contributed by atoms with Gasteiger partial charge >= 0.3 is 0 Å². The maximum atomic E-state index is 4.31. The lowest BCUT2D eigenvalue weighted by Gasteiger charge is -2.32. The summed E-state index contributed by atoms with van der Waals surface area (Å²) in [5.41, 5.74) is 6.81. The number of hydrogen-bond donors (Lipinski definition) is 1. The molecule has 0 atom stereocenters. The number of likely N-dealkylation sites (N-methyl/N-ethyl adjacent to an activating group) is 1. The van der Waals surface area contributed by atoms with E-state index in [2.05, 4.69) is 67.8 Å². The van der Waals surface area contributed by atoms with E-state index in [1.165, 1.54) is 54.1 Å². The van der Waals surface area contributed by atoms with Crippen LogP contribution in [0.25, 0.3) is 11.3 Å². The highest BCUT2D eigenvalue weighted by atomic mass is 127. The molecule has 0 saturated carbocycles. The standard InChI is InChI=1S/C16H19IN4/c1-20-4-6-21(7-5-20)10-11-2-3-13-12(8-11)9-14-15(13)18-19-16(14)17/h2-3,8H,4-7,9-10H2,1H3,(H,18,19). The van der Waals surface area contributed by atoms with E-state index in [0.29, 0.717) is 0 Å². The summed E-state index contributed by atoms with van der Waals surface area (Å²) in [5.74, 6) is 0. The molecule has 110 valence electrons. The second-order valence-corrected chi connectivity index (χ2v) is 7.14. The number of piperazine rings is 1. The van der Waals surface area contributed by atoms with Gasteiger partial charge < -0.3 is 4.90 Å². The summed E-state index contributed by atoms with van der Waals surface area (Å²) in [6.07, 6.45) is 1.02. The summed E-state index contributed by atoms with van der Waals surface area (Å²) in [7, 11) is 2.20. The molecular formula is C16H19IN4. The maximum Gasteiger partial charge on any atom is 0.127 e. The van der Waals surface area contributed by atoms with Crippen LogP contribution in [0.5, 0.6) is 0 Å². The number of benzene rings is 1. The van der Waals surface area contributed by atoms with Gasteiger partial charge in [-0.2, -0.15) is 5.10 Å². The van der Waals surface area contributed by atoms with E-state index in [0.717, 1.165) is 16.7 Å². The van der Waals surface area contributed by atoms with Gasteiger partial charge in [-0.25, -0.2) is 0 Å². The number of nitrogens with one attached hydrogen (secondary N) is 1. The van der Waals surface area contributed by atoms with E-state index in [1.54, 1.807) is 0 Å². The lowest BCUT2D eigenvalue weighted by molar-refractivity contribution is 0.148. The fraction of sp³-hybridized carbons (Fsp3) is 0.438. The SMILES string of the molecule is CN1CCN(Cc2ccc3c(c2)Cc2c(I)n[nH]c2-3)CC1. The zero-order chi connectivity index (χ0) is 14.4. The van der Waals surface area contributed by atoms with Crippen LogP contribution in [0.4, 0.5) is 0 Å². The van der Waals surface area contributed by atoms with Crippen LogP contribution in [-0.4, -0.2) is 53.2 Å². The van der Waals surface area contributed by atoms with Gasteiger partial charge in [0.05, 0.1) is 5.69 Å².